The minimum Gasteiger partial charge on any atom is -0.298 e. The van der Waals surface area contributed by atoms with E-state index < -0.39 is 0 Å². The number of carbonyl (C=O) groups is 1. The van der Waals surface area contributed by atoms with E-state index in [4.69, 9.17) is 11.6 Å². The highest BCUT2D eigenvalue weighted by Crippen LogP contribution is 1.87. The smallest absolute Gasteiger partial charge is 0.151 e. The molecule has 0 bridgehead atoms. The molecule has 0 radical (unpaired) electrons. The maximum Gasteiger partial charge on any atom is 0.151 e. The second-order valence-electron chi connectivity index (χ2n) is 1.45. The van der Waals surface area contributed by atoms with Gasteiger partial charge in [-0.3, -0.25) is 4.79 Å². The van der Waals surface area contributed by atoms with E-state index >= 15 is 0 Å². The molecule has 0 atom stereocenters. The molecule has 0 amide bonds. The third kappa shape index (κ3) is 3.88. The molecular weight excluding hydrogens is 124 g/mol. The molecule has 0 rings (SSSR count). The Morgan fingerprint density at radius 1 is 1.75 bits per heavy atom. The summed E-state index contributed by atoms with van der Waals surface area (Å²) in [6.07, 6.45) is 4.11. The maximum atomic E-state index is 10.4. The maximum absolute atomic E-state index is 10.4. The zero-order chi connectivity index (χ0) is 6.41. The van der Waals surface area contributed by atoms with Gasteiger partial charge in [0.15, 0.2) is 5.78 Å². The first kappa shape index (κ1) is 7.70. The third-order valence-corrected chi connectivity index (χ3v) is 1.03. The van der Waals surface area contributed by atoms with Crippen LogP contribution in [0.5, 0.6) is 0 Å². The third-order valence-electron chi connectivity index (χ3n) is 0.730. The number of hydrogen-bond acceptors (Lipinski definition) is 1. The summed E-state index contributed by atoms with van der Waals surface area (Å²) >= 11 is 5.20. The van der Waals surface area contributed by atoms with Crippen LogP contribution in [0.3, 0.4) is 0 Å². The number of allylic oxidation sites excluding steroid dienone is 2. The largest absolute Gasteiger partial charge is 0.298 e. The van der Waals surface area contributed by atoms with Crippen LogP contribution in [-0.2, 0) is 4.79 Å². The van der Waals surface area contributed by atoms with Crippen LogP contribution in [0.4, 0.5) is 0 Å². The summed E-state index contributed by atoms with van der Waals surface area (Å²) in [6.45, 7) is 1.88. The molecule has 0 fully saturated rings. The van der Waals surface area contributed by atoms with Crippen LogP contribution in [0.25, 0.3) is 0 Å². The lowest BCUT2D eigenvalue weighted by Crippen LogP contribution is -1.94. The van der Waals surface area contributed by atoms with Crippen LogP contribution in [-0.4, -0.2) is 11.7 Å². The van der Waals surface area contributed by atoms with E-state index in [9.17, 15) is 4.79 Å². The lowest BCUT2D eigenvalue weighted by molar-refractivity contribution is -0.115. The molecule has 0 spiro atoms. The molecule has 2 heteroatoms. The van der Waals surface area contributed by atoms with E-state index in [1.165, 1.54) is 0 Å². The molecule has 46 valence electrons. The van der Waals surface area contributed by atoms with Gasteiger partial charge in [0.05, 0.1) is 5.88 Å². The molecule has 0 saturated carbocycles. The minimum absolute atomic E-state index is 0.0739. The van der Waals surface area contributed by atoms with Gasteiger partial charge in [0, 0.05) is 6.42 Å². The first-order valence-electron chi connectivity index (χ1n) is 2.50. The zero-order valence-corrected chi connectivity index (χ0v) is 5.61. The van der Waals surface area contributed by atoms with Gasteiger partial charge in [-0.25, -0.2) is 0 Å². The Bertz CT molecular complexity index is 96.7. The summed E-state index contributed by atoms with van der Waals surface area (Å²) in [6, 6.07) is 0. The number of hydrogen-bond donors (Lipinski definition) is 0. The predicted octanol–water partition coefficient (Wildman–Crippen LogP) is 1.76. The molecule has 0 N–H and O–H groups in total. The quantitative estimate of drug-likeness (QED) is 0.423. The number of ketones is 1. The number of rotatable bonds is 3. The highest BCUT2D eigenvalue weighted by Gasteiger charge is 1.91. The highest BCUT2D eigenvalue weighted by atomic mass is 35.5. The Kier molecular flexibility index (Phi) is 4.67. The fourth-order valence-electron chi connectivity index (χ4n) is 0.304. The van der Waals surface area contributed by atoms with E-state index in [0.29, 0.717) is 6.42 Å². The van der Waals surface area contributed by atoms with Gasteiger partial charge >= 0.3 is 0 Å². The second kappa shape index (κ2) is 4.85. The van der Waals surface area contributed by atoms with Crippen molar-refractivity contribution < 1.29 is 4.79 Å². The molecule has 0 aliphatic rings. The van der Waals surface area contributed by atoms with E-state index in [2.05, 4.69) is 0 Å². The molecular formula is C6H9ClO. The van der Waals surface area contributed by atoms with E-state index in [1.807, 2.05) is 13.0 Å². The van der Waals surface area contributed by atoms with Crippen molar-refractivity contribution in [1.29, 1.82) is 0 Å². The fourth-order valence-corrected chi connectivity index (χ4v) is 0.413. The van der Waals surface area contributed by atoms with Crippen LogP contribution in [0, 0.1) is 0 Å². The van der Waals surface area contributed by atoms with Gasteiger partial charge in [-0.2, -0.15) is 0 Å². The van der Waals surface area contributed by atoms with Gasteiger partial charge in [0.2, 0.25) is 0 Å². The Morgan fingerprint density at radius 3 is 2.75 bits per heavy atom. The van der Waals surface area contributed by atoms with Crippen molar-refractivity contribution in [2.45, 2.75) is 13.3 Å². The van der Waals surface area contributed by atoms with E-state index in [1.54, 1.807) is 6.08 Å². The summed E-state index contributed by atoms with van der Waals surface area (Å²) in [4.78, 5) is 10.4. The Morgan fingerprint density at radius 2 is 2.38 bits per heavy atom. The Labute approximate surface area is 54.3 Å². The SMILES string of the molecule is C/C=C/CC(=O)CCl. The normalized spacial score (nSPS) is 10.2. The fraction of sp³-hybridized carbons (Fsp3) is 0.500. The van der Waals surface area contributed by atoms with E-state index in [0.717, 1.165) is 0 Å². The zero-order valence-electron chi connectivity index (χ0n) is 4.86. The monoisotopic (exact) mass is 132 g/mol. The van der Waals surface area contributed by atoms with Crippen LogP contribution in [0.15, 0.2) is 12.2 Å². The molecule has 0 heterocycles. The molecule has 1 nitrogen and oxygen atoms in total. The summed E-state index contributed by atoms with van der Waals surface area (Å²) in [5, 5.41) is 0. The standard InChI is InChI=1S/C6H9ClO/c1-2-3-4-6(8)5-7/h2-3H,4-5H2,1H3/b3-2+. The van der Waals surface area contributed by atoms with Crippen molar-refractivity contribution in [3.8, 4) is 0 Å². The number of alkyl halides is 1. The molecule has 0 aromatic carbocycles. The van der Waals surface area contributed by atoms with E-state index in [-0.39, 0.29) is 11.7 Å². The molecule has 0 aromatic rings. The Hall–Kier alpha value is -0.300. The van der Waals surface area contributed by atoms with Gasteiger partial charge in [-0.15, -0.1) is 11.6 Å². The highest BCUT2D eigenvalue weighted by molar-refractivity contribution is 6.27. The molecule has 0 aromatic heterocycles. The number of Topliss-reactive ketones (excluding diaryl/α,β-unsaturated/α-hetero) is 1. The van der Waals surface area contributed by atoms with Gasteiger partial charge in [0.25, 0.3) is 0 Å². The van der Waals surface area contributed by atoms with Gasteiger partial charge in [-0.1, -0.05) is 12.2 Å². The number of carbonyl (C=O) groups excluding carboxylic acids is 1. The molecule has 0 unspecified atom stereocenters. The topological polar surface area (TPSA) is 17.1 Å². The summed E-state index contributed by atoms with van der Waals surface area (Å²) in [5.74, 6) is 0.203. The lowest BCUT2D eigenvalue weighted by Gasteiger charge is -1.83. The first-order chi connectivity index (χ1) is 3.81. The van der Waals surface area contributed by atoms with Crippen LogP contribution < -0.4 is 0 Å². The number of halogens is 1. The minimum atomic E-state index is 0.0739. The average Bonchev–Trinajstić information content (AvgIpc) is 1.83. The second-order valence-corrected chi connectivity index (χ2v) is 1.71. The van der Waals surface area contributed by atoms with Crippen molar-refractivity contribution in [3.05, 3.63) is 12.2 Å². The summed E-state index contributed by atoms with van der Waals surface area (Å²) < 4.78 is 0. The van der Waals surface area contributed by atoms with Gasteiger partial charge in [-0.05, 0) is 6.92 Å². The lowest BCUT2D eigenvalue weighted by atomic mass is 10.3. The predicted molar refractivity (Wildman–Crippen MR) is 35.2 cm³/mol. The van der Waals surface area contributed by atoms with Crippen molar-refractivity contribution in [2.24, 2.45) is 0 Å². The van der Waals surface area contributed by atoms with Crippen LogP contribution in [0.2, 0.25) is 0 Å². The van der Waals surface area contributed by atoms with Crippen molar-refractivity contribution >= 4 is 17.4 Å². The average molecular weight is 133 g/mol. The van der Waals surface area contributed by atoms with Gasteiger partial charge in [0.1, 0.15) is 0 Å². The summed E-state index contributed by atoms with van der Waals surface area (Å²) in [7, 11) is 0. The molecule has 0 aliphatic heterocycles. The molecule has 8 heavy (non-hydrogen) atoms. The van der Waals surface area contributed by atoms with Crippen LogP contribution >= 0.6 is 11.6 Å². The molecule has 0 aliphatic carbocycles. The molecule has 0 saturated heterocycles. The van der Waals surface area contributed by atoms with Gasteiger partial charge < -0.3 is 0 Å². The van der Waals surface area contributed by atoms with Crippen molar-refractivity contribution in [2.75, 3.05) is 5.88 Å². The van der Waals surface area contributed by atoms with Crippen molar-refractivity contribution in [1.82, 2.24) is 0 Å². The summed E-state index contributed by atoms with van der Waals surface area (Å²) in [5.41, 5.74) is 0. The Balaban J connectivity index is 3.25. The first-order valence-corrected chi connectivity index (χ1v) is 3.03. The van der Waals surface area contributed by atoms with Crippen molar-refractivity contribution in [3.63, 3.8) is 0 Å². The van der Waals surface area contributed by atoms with Crippen LogP contribution in [0.1, 0.15) is 13.3 Å².